The molecule has 1 aromatic carbocycles. The van der Waals surface area contributed by atoms with Gasteiger partial charge in [-0.15, -0.1) is 10.2 Å². The predicted octanol–water partition coefficient (Wildman–Crippen LogP) is 2.30. The molecule has 0 aliphatic carbocycles. The van der Waals surface area contributed by atoms with Crippen molar-refractivity contribution in [2.75, 3.05) is 39.4 Å². The summed E-state index contributed by atoms with van der Waals surface area (Å²) in [6, 6.07) is 7.94. The first-order valence-corrected chi connectivity index (χ1v) is 10.9. The highest BCUT2D eigenvalue weighted by atomic mass is 35.5. The van der Waals surface area contributed by atoms with E-state index in [0.29, 0.717) is 6.54 Å². The summed E-state index contributed by atoms with van der Waals surface area (Å²) in [7, 11) is 1.96. The Balaban J connectivity index is 1.59. The molecule has 3 rings (SSSR count). The smallest absolute Gasteiger partial charge is 0.192 e. The van der Waals surface area contributed by atoms with Crippen molar-refractivity contribution >= 4 is 17.6 Å². The summed E-state index contributed by atoms with van der Waals surface area (Å²) in [5.74, 6) is 2.46. The van der Waals surface area contributed by atoms with Gasteiger partial charge in [-0.05, 0) is 44.5 Å². The van der Waals surface area contributed by atoms with Crippen LogP contribution in [-0.2, 0) is 18.3 Å². The number of nitrogens with zero attached hydrogens (tertiary/aromatic N) is 5. The van der Waals surface area contributed by atoms with Crippen molar-refractivity contribution in [1.29, 1.82) is 0 Å². The fraction of sp³-hybridized carbons (Fsp3) is 0.571. The summed E-state index contributed by atoms with van der Waals surface area (Å²) in [6.07, 6.45) is 1.04. The SMILES string of the molecule is Cc1nnc(CN=C(NCCCN2CCOCC2)NC(C)c2cccc(Cl)c2)n1C. The van der Waals surface area contributed by atoms with E-state index in [1.807, 2.05) is 36.7 Å². The molecule has 9 heteroatoms. The molecule has 0 bridgehead atoms. The molecule has 30 heavy (non-hydrogen) atoms. The van der Waals surface area contributed by atoms with Crippen LogP contribution in [0.1, 0.15) is 36.6 Å². The highest BCUT2D eigenvalue weighted by Crippen LogP contribution is 2.17. The van der Waals surface area contributed by atoms with Gasteiger partial charge in [-0.1, -0.05) is 23.7 Å². The molecule has 1 aliphatic heterocycles. The maximum absolute atomic E-state index is 6.16. The molecule has 1 atom stereocenters. The van der Waals surface area contributed by atoms with Crippen molar-refractivity contribution in [3.63, 3.8) is 0 Å². The monoisotopic (exact) mass is 433 g/mol. The van der Waals surface area contributed by atoms with Crippen LogP contribution in [0.3, 0.4) is 0 Å². The average Bonchev–Trinajstić information content (AvgIpc) is 3.07. The van der Waals surface area contributed by atoms with Crippen LogP contribution in [0.2, 0.25) is 5.02 Å². The molecule has 0 radical (unpaired) electrons. The Kier molecular flexibility index (Phi) is 8.48. The summed E-state index contributed by atoms with van der Waals surface area (Å²) >= 11 is 6.16. The number of ether oxygens (including phenoxy) is 1. The Morgan fingerprint density at radius 2 is 2.10 bits per heavy atom. The molecule has 0 amide bonds. The summed E-state index contributed by atoms with van der Waals surface area (Å²) in [5.41, 5.74) is 1.11. The third-order valence-electron chi connectivity index (χ3n) is 5.31. The molecule has 0 saturated carbocycles. The number of guanidine groups is 1. The van der Waals surface area contributed by atoms with Crippen molar-refractivity contribution in [1.82, 2.24) is 30.3 Å². The zero-order valence-corrected chi connectivity index (χ0v) is 18.8. The Morgan fingerprint density at radius 3 is 2.80 bits per heavy atom. The molecule has 1 saturated heterocycles. The van der Waals surface area contributed by atoms with E-state index < -0.39 is 0 Å². The number of hydrogen-bond donors (Lipinski definition) is 2. The minimum atomic E-state index is 0.0652. The van der Waals surface area contributed by atoms with E-state index in [0.717, 1.165) is 74.0 Å². The third-order valence-corrected chi connectivity index (χ3v) is 5.55. The second-order valence-electron chi connectivity index (χ2n) is 7.54. The predicted molar refractivity (Wildman–Crippen MR) is 120 cm³/mol. The zero-order valence-electron chi connectivity index (χ0n) is 18.1. The van der Waals surface area contributed by atoms with Gasteiger partial charge in [0.25, 0.3) is 0 Å². The topological polar surface area (TPSA) is 79.6 Å². The molecule has 2 aromatic rings. The van der Waals surface area contributed by atoms with Crippen LogP contribution in [0.25, 0.3) is 0 Å². The lowest BCUT2D eigenvalue weighted by Gasteiger charge is -2.26. The number of aromatic nitrogens is 3. The van der Waals surface area contributed by atoms with E-state index in [9.17, 15) is 0 Å². The first kappa shape index (κ1) is 22.5. The maximum Gasteiger partial charge on any atom is 0.192 e. The molecular formula is C21H32ClN7O. The van der Waals surface area contributed by atoms with E-state index in [2.05, 4.69) is 38.7 Å². The Morgan fingerprint density at radius 1 is 1.30 bits per heavy atom. The standard InChI is InChI=1S/C21H32ClN7O/c1-16(18-6-4-7-19(22)14-18)25-21(24-15-20-27-26-17(2)28(20)3)23-8-5-9-29-10-12-30-13-11-29/h4,6-7,14,16H,5,8-13,15H2,1-3H3,(H2,23,24,25). The lowest BCUT2D eigenvalue weighted by molar-refractivity contribution is 0.0376. The molecule has 2 heterocycles. The van der Waals surface area contributed by atoms with Gasteiger partial charge < -0.3 is 19.9 Å². The third kappa shape index (κ3) is 6.68. The molecule has 1 aliphatic rings. The van der Waals surface area contributed by atoms with Crippen molar-refractivity contribution < 1.29 is 4.74 Å². The van der Waals surface area contributed by atoms with E-state index >= 15 is 0 Å². The largest absolute Gasteiger partial charge is 0.379 e. The summed E-state index contributed by atoms with van der Waals surface area (Å²) in [6.45, 7) is 10.1. The first-order chi connectivity index (χ1) is 14.5. The van der Waals surface area contributed by atoms with Crippen LogP contribution < -0.4 is 10.6 Å². The van der Waals surface area contributed by atoms with E-state index in [-0.39, 0.29) is 6.04 Å². The van der Waals surface area contributed by atoms with Crippen LogP contribution in [-0.4, -0.2) is 65.0 Å². The molecule has 8 nitrogen and oxygen atoms in total. The lowest BCUT2D eigenvalue weighted by atomic mass is 10.1. The van der Waals surface area contributed by atoms with Gasteiger partial charge in [0, 0.05) is 31.7 Å². The number of aliphatic imine (C=N–C) groups is 1. The normalized spacial score (nSPS) is 16.5. The minimum Gasteiger partial charge on any atom is -0.379 e. The van der Waals surface area contributed by atoms with Gasteiger partial charge in [0.05, 0.1) is 19.3 Å². The van der Waals surface area contributed by atoms with E-state index in [1.54, 1.807) is 0 Å². The Bertz CT molecular complexity index is 833. The number of aryl methyl sites for hydroxylation is 1. The number of morpholine rings is 1. The van der Waals surface area contributed by atoms with Crippen LogP contribution >= 0.6 is 11.6 Å². The van der Waals surface area contributed by atoms with Crippen LogP contribution in [0, 0.1) is 6.92 Å². The Hall–Kier alpha value is -2.16. The number of nitrogens with one attached hydrogen (secondary N) is 2. The molecule has 164 valence electrons. The molecule has 1 unspecified atom stereocenters. The molecular weight excluding hydrogens is 402 g/mol. The molecule has 1 aromatic heterocycles. The van der Waals surface area contributed by atoms with Crippen LogP contribution in [0.15, 0.2) is 29.3 Å². The second kappa shape index (κ2) is 11.3. The van der Waals surface area contributed by atoms with Gasteiger partial charge in [0.1, 0.15) is 12.4 Å². The quantitative estimate of drug-likeness (QED) is 0.378. The van der Waals surface area contributed by atoms with Crippen molar-refractivity contribution in [2.45, 2.75) is 32.9 Å². The molecule has 2 N–H and O–H groups in total. The number of benzene rings is 1. The molecule has 1 fully saturated rings. The second-order valence-corrected chi connectivity index (χ2v) is 7.98. The summed E-state index contributed by atoms with van der Waals surface area (Å²) < 4.78 is 7.37. The van der Waals surface area contributed by atoms with Gasteiger partial charge in [-0.25, -0.2) is 4.99 Å². The van der Waals surface area contributed by atoms with Crippen molar-refractivity contribution in [3.05, 3.63) is 46.5 Å². The maximum atomic E-state index is 6.16. The highest BCUT2D eigenvalue weighted by Gasteiger charge is 2.12. The zero-order chi connectivity index (χ0) is 21.3. The van der Waals surface area contributed by atoms with Crippen LogP contribution in [0.4, 0.5) is 0 Å². The first-order valence-electron chi connectivity index (χ1n) is 10.5. The highest BCUT2D eigenvalue weighted by molar-refractivity contribution is 6.30. The van der Waals surface area contributed by atoms with Gasteiger partial charge >= 0.3 is 0 Å². The van der Waals surface area contributed by atoms with E-state index in [4.69, 9.17) is 21.3 Å². The van der Waals surface area contributed by atoms with Crippen molar-refractivity contribution in [3.8, 4) is 0 Å². The fourth-order valence-corrected chi connectivity index (χ4v) is 3.49. The van der Waals surface area contributed by atoms with Gasteiger partial charge in [0.15, 0.2) is 11.8 Å². The van der Waals surface area contributed by atoms with Gasteiger partial charge in [-0.2, -0.15) is 0 Å². The van der Waals surface area contributed by atoms with Gasteiger partial charge in [0.2, 0.25) is 0 Å². The Labute approximate surface area is 183 Å². The van der Waals surface area contributed by atoms with Crippen LogP contribution in [0.5, 0.6) is 0 Å². The molecule has 0 spiro atoms. The van der Waals surface area contributed by atoms with E-state index in [1.165, 1.54) is 0 Å². The fourth-order valence-electron chi connectivity index (χ4n) is 3.29. The number of halogens is 1. The number of rotatable bonds is 8. The van der Waals surface area contributed by atoms with Gasteiger partial charge in [-0.3, -0.25) is 4.90 Å². The summed E-state index contributed by atoms with van der Waals surface area (Å²) in [4.78, 5) is 7.18. The van der Waals surface area contributed by atoms with Crippen molar-refractivity contribution in [2.24, 2.45) is 12.0 Å². The minimum absolute atomic E-state index is 0.0652. The summed E-state index contributed by atoms with van der Waals surface area (Å²) in [5, 5.41) is 16.0. The lowest BCUT2D eigenvalue weighted by Crippen LogP contribution is -2.41. The number of hydrogen-bond acceptors (Lipinski definition) is 5. The average molecular weight is 434 g/mol.